The summed E-state index contributed by atoms with van der Waals surface area (Å²) >= 11 is 0. The number of nitrogens with one attached hydrogen (secondary N) is 1. The highest BCUT2D eigenvalue weighted by atomic mass is 32.2. The van der Waals surface area contributed by atoms with Crippen LogP contribution in [0.1, 0.15) is 44.3 Å². The summed E-state index contributed by atoms with van der Waals surface area (Å²) in [7, 11) is -4.74. The number of nitrogens with two attached hydrogens (primary N) is 1. The fourth-order valence-electron chi connectivity index (χ4n) is 3.70. The highest BCUT2D eigenvalue weighted by Crippen LogP contribution is 2.40. The van der Waals surface area contributed by atoms with Crippen LogP contribution in [0.2, 0.25) is 0 Å². The Morgan fingerprint density at radius 3 is 2.07 bits per heavy atom. The molecule has 0 aliphatic heterocycles. The van der Waals surface area contributed by atoms with Crippen molar-refractivity contribution in [2.24, 2.45) is 0 Å². The molecule has 0 bridgehead atoms. The second kappa shape index (κ2) is 7.08. The van der Waals surface area contributed by atoms with E-state index in [9.17, 15) is 22.6 Å². The number of hydrogen-bond acceptors (Lipinski definition) is 6. The van der Waals surface area contributed by atoms with Crippen molar-refractivity contribution < 1.29 is 22.6 Å². The lowest BCUT2D eigenvalue weighted by molar-refractivity contribution is 0.0980. The summed E-state index contributed by atoms with van der Waals surface area (Å²) in [6.45, 7) is 1.95. The molecule has 3 aromatic carbocycles. The summed E-state index contributed by atoms with van der Waals surface area (Å²) < 4.78 is 33.6. The molecule has 0 radical (unpaired) electrons. The first-order valence-electron chi connectivity index (χ1n) is 9.21. The predicted octanol–water partition coefficient (Wildman–Crippen LogP) is 3.60. The second-order valence-electron chi connectivity index (χ2n) is 6.90. The number of rotatable bonds is 4. The highest BCUT2D eigenvalue weighted by molar-refractivity contribution is 7.86. The molecule has 7 nitrogen and oxygen atoms in total. The number of hydrogen-bond donors (Lipinski definition) is 3. The van der Waals surface area contributed by atoms with Crippen molar-refractivity contribution >= 4 is 38.7 Å². The van der Waals surface area contributed by atoms with Gasteiger partial charge in [-0.05, 0) is 24.1 Å². The minimum atomic E-state index is -4.74. The summed E-state index contributed by atoms with van der Waals surface area (Å²) in [6.07, 6.45) is 0.682. The van der Waals surface area contributed by atoms with Crippen molar-refractivity contribution in [3.8, 4) is 0 Å². The molecule has 0 spiro atoms. The standard InChI is InChI=1S/C22H18N2O5S/c1-2-12-7-3-6-10-15(12)24-16-11-17(30(27,28)29)20(23)19-18(16)21(25)13-8-4-5-9-14(13)22(19)26/h3-11,24H,2,23H2,1H3,(H,27,28,29). The molecule has 0 saturated carbocycles. The zero-order valence-corrected chi connectivity index (χ0v) is 16.8. The minimum absolute atomic E-state index is 0.0190. The topological polar surface area (TPSA) is 127 Å². The van der Waals surface area contributed by atoms with E-state index in [1.54, 1.807) is 24.3 Å². The Bertz CT molecular complexity index is 1330. The molecule has 0 fully saturated rings. The van der Waals surface area contributed by atoms with E-state index in [2.05, 4.69) is 5.32 Å². The van der Waals surface area contributed by atoms with Crippen LogP contribution >= 0.6 is 0 Å². The molecule has 0 heterocycles. The van der Waals surface area contributed by atoms with Crippen LogP contribution in [0.25, 0.3) is 0 Å². The van der Waals surface area contributed by atoms with Crippen molar-refractivity contribution in [3.05, 3.63) is 82.4 Å². The Morgan fingerprint density at radius 1 is 0.900 bits per heavy atom. The number of aryl methyl sites for hydroxylation is 1. The first-order chi connectivity index (χ1) is 14.2. The molecule has 0 atom stereocenters. The van der Waals surface area contributed by atoms with E-state index in [1.165, 1.54) is 12.1 Å². The molecule has 0 amide bonds. The maximum atomic E-state index is 13.3. The van der Waals surface area contributed by atoms with Gasteiger partial charge < -0.3 is 11.1 Å². The molecule has 0 saturated heterocycles. The molecule has 0 aromatic heterocycles. The number of carbonyl (C=O) groups is 2. The monoisotopic (exact) mass is 422 g/mol. The lowest BCUT2D eigenvalue weighted by Crippen LogP contribution is -2.25. The summed E-state index contributed by atoms with van der Waals surface area (Å²) in [5, 5.41) is 3.07. The number of fused-ring (bicyclic) bond motifs is 2. The van der Waals surface area contributed by atoms with E-state index in [0.29, 0.717) is 12.1 Å². The molecule has 1 aliphatic rings. The van der Waals surface area contributed by atoms with Gasteiger partial charge in [-0.1, -0.05) is 49.4 Å². The third-order valence-corrected chi connectivity index (χ3v) is 6.04. The molecule has 1 aliphatic carbocycles. The minimum Gasteiger partial charge on any atom is -0.397 e. The average molecular weight is 422 g/mol. The molecule has 4 N–H and O–H groups in total. The molecule has 3 aromatic rings. The van der Waals surface area contributed by atoms with Crippen molar-refractivity contribution in [1.82, 2.24) is 0 Å². The van der Waals surface area contributed by atoms with Gasteiger partial charge in [0.15, 0.2) is 11.6 Å². The Balaban J connectivity index is 2.04. The van der Waals surface area contributed by atoms with Gasteiger partial charge in [0.05, 0.1) is 22.5 Å². The van der Waals surface area contributed by atoms with Crippen LogP contribution in [-0.2, 0) is 16.5 Å². The van der Waals surface area contributed by atoms with E-state index < -0.39 is 32.3 Å². The van der Waals surface area contributed by atoms with Gasteiger partial charge in [0, 0.05) is 16.8 Å². The quantitative estimate of drug-likeness (QED) is 0.339. The summed E-state index contributed by atoms with van der Waals surface area (Å²) in [5.74, 6) is -1.03. The van der Waals surface area contributed by atoms with Gasteiger partial charge >= 0.3 is 0 Å². The van der Waals surface area contributed by atoms with E-state index in [1.807, 2.05) is 19.1 Å². The summed E-state index contributed by atoms with van der Waals surface area (Å²) in [5.41, 5.74) is 7.27. The molecule has 0 unspecified atom stereocenters. The smallest absolute Gasteiger partial charge is 0.296 e. The van der Waals surface area contributed by atoms with Gasteiger partial charge in [0.1, 0.15) is 4.90 Å². The van der Waals surface area contributed by atoms with Crippen molar-refractivity contribution in [2.75, 3.05) is 11.1 Å². The fraction of sp³-hybridized carbons (Fsp3) is 0.0909. The van der Waals surface area contributed by atoms with Gasteiger partial charge in [-0.3, -0.25) is 14.1 Å². The van der Waals surface area contributed by atoms with E-state index >= 15 is 0 Å². The van der Waals surface area contributed by atoms with Gasteiger partial charge in [-0.15, -0.1) is 0 Å². The maximum absolute atomic E-state index is 13.3. The third-order valence-electron chi connectivity index (χ3n) is 5.15. The van der Waals surface area contributed by atoms with E-state index in [-0.39, 0.29) is 27.9 Å². The van der Waals surface area contributed by atoms with Crippen LogP contribution in [0, 0.1) is 0 Å². The Hall–Kier alpha value is -3.49. The van der Waals surface area contributed by atoms with Gasteiger partial charge in [0.2, 0.25) is 0 Å². The highest BCUT2D eigenvalue weighted by Gasteiger charge is 2.36. The number of para-hydroxylation sites is 1. The number of carbonyl (C=O) groups excluding carboxylic acids is 2. The predicted molar refractivity (Wildman–Crippen MR) is 113 cm³/mol. The molecular formula is C22H18N2O5S. The summed E-state index contributed by atoms with van der Waals surface area (Å²) in [4.78, 5) is 25.8. The van der Waals surface area contributed by atoms with Crippen LogP contribution in [0.3, 0.4) is 0 Å². The first-order valence-corrected chi connectivity index (χ1v) is 10.6. The molecule has 4 rings (SSSR count). The number of anilines is 3. The van der Waals surface area contributed by atoms with Gasteiger partial charge in [-0.25, -0.2) is 0 Å². The van der Waals surface area contributed by atoms with Crippen molar-refractivity contribution in [2.45, 2.75) is 18.2 Å². The third kappa shape index (κ3) is 3.06. The molecular weight excluding hydrogens is 404 g/mol. The number of nitrogen functional groups attached to an aromatic ring is 1. The first kappa shape index (κ1) is 19.8. The zero-order chi connectivity index (χ0) is 21.6. The largest absolute Gasteiger partial charge is 0.397 e. The Kier molecular flexibility index (Phi) is 4.68. The average Bonchev–Trinajstić information content (AvgIpc) is 2.72. The van der Waals surface area contributed by atoms with Crippen molar-refractivity contribution in [3.63, 3.8) is 0 Å². The van der Waals surface area contributed by atoms with Crippen LogP contribution < -0.4 is 11.1 Å². The van der Waals surface area contributed by atoms with E-state index in [4.69, 9.17) is 5.73 Å². The molecule has 152 valence electrons. The lowest BCUT2D eigenvalue weighted by atomic mass is 9.82. The van der Waals surface area contributed by atoms with Gasteiger partial charge in [-0.2, -0.15) is 8.42 Å². The maximum Gasteiger partial charge on any atom is 0.296 e. The fourth-order valence-corrected chi connectivity index (χ4v) is 4.35. The SMILES string of the molecule is CCc1ccccc1Nc1cc(S(=O)(=O)O)c(N)c2c1C(=O)c1ccccc1C2=O. The Morgan fingerprint density at radius 2 is 1.47 bits per heavy atom. The van der Waals surface area contributed by atoms with Crippen LogP contribution in [0.4, 0.5) is 17.1 Å². The molecule has 30 heavy (non-hydrogen) atoms. The van der Waals surface area contributed by atoms with Crippen LogP contribution in [0.5, 0.6) is 0 Å². The summed E-state index contributed by atoms with van der Waals surface area (Å²) in [6, 6.07) is 14.7. The number of ketones is 2. The molecule has 8 heteroatoms. The second-order valence-corrected chi connectivity index (χ2v) is 8.29. The van der Waals surface area contributed by atoms with Gasteiger partial charge in [0.25, 0.3) is 10.1 Å². The zero-order valence-electron chi connectivity index (χ0n) is 16.0. The normalized spacial score (nSPS) is 13.0. The van der Waals surface area contributed by atoms with Crippen LogP contribution in [0.15, 0.2) is 59.5 Å². The lowest BCUT2D eigenvalue weighted by Gasteiger charge is -2.24. The van der Waals surface area contributed by atoms with E-state index in [0.717, 1.165) is 11.6 Å². The van der Waals surface area contributed by atoms with Crippen molar-refractivity contribution in [1.29, 1.82) is 0 Å². The number of benzene rings is 3. The van der Waals surface area contributed by atoms with Crippen LogP contribution in [-0.4, -0.2) is 24.5 Å². The Labute approximate surface area is 173 Å².